The van der Waals surface area contributed by atoms with Gasteiger partial charge in [0.2, 0.25) is 0 Å². The normalized spacial score (nSPS) is 23.4. The highest BCUT2D eigenvalue weighted by atomic mass is 16.5. The summed E-state index contributed by atoms with van der Waals surface area (Å²) in [7, 11) is 0. The van der Waals surface area contributed by atoms with E-state index in [1.807, 2.05) is 0 Å². The molecule has 1 atom stereocenters. The number of amides is 1. The largest absolute Gasteiger partial charge is 0.361 e. The van der Waals surface area contributed by atoms with E-state index in [0.29, 0.717) is 11.5 Å². The lowest BCUT2D eigenvalue weighted by Gasteiger charge is -2.39. The molecule has 0 spiro atoms. The van der Waals surface area contributed by atoms with Gasteiger partial charge in [0, 0.05) is 18.7 Å². The van der Waals surface area contributed by atoms with Gasteiger partial charge >= 0.3 is 0 Å². The molecule has 0 aliphatic carbocycles. The number of hydrogen-bond acceptors (Lipinski definition) is 4. The molecule has 17 heavy (non-hydrogen) atoms. The minimum Gasteiger partial charge on any atom is -0.361 e. The van der Waals surface area contributed by atoms with Gasteiger partial charge in [-0.2, -0.15) is 0 Å². The second-order valence-corrected chi connectivity index (χ2v) is 5.30. The minimum absolute atomic E-state index is 0.0622. The number of aromatic nitrogens is 1. The Hall–Kier alpha value is -1.36. The number of nitrogens with one attached hydrogen (secondary N) is 2. The summed E-state index contributed by atoms with van der Waals surface area (Å²) >= 11 is 0. The molecule has 0 aromatic carbocycles. The van der Waals surface area contributed by atoms with Gasteiger partial charge in [-0.15, -0.1) is 0 Å². The van der Waals surface area contributed by atoms with Crippen LogP contribution in [0.2, 0.25) is 0 Å². The maximum Gasteiger partial charge on any atom is 0.273 e. The van der Waals surface area contributed by atoms with E-state index >= 15 is 0 Å². The Morgan fingerprint density at radius 2 is 2.41 bits per heavy atom. The predicted molar refractivity (Wildman–Crippen MR) is 63.8 cm³/mol. The molecule has 1 aromatic rings. The molecule has 2 rings (SSSR count). The lowest BCUT2D eigenvalue weighted by Crippen LogP contribution is -2.54. The Morgan fingerprint density at radius 3 is 3.00 bits per heavy atom. The zero-order valence-electron chi connectivity index (χ0n) is 10.5. The van der Waals surface area contributed by atoms with Crippen LogP contribution in [0.1, 0.15) is 36.5 Å². The second kappa shape index (κ2) is 4.49. The van der Waals surface area contributed by atoms with E-state index in [-0.39, 0.29) is 17.4 Å². The third-order valence-corrected chi connectivity index (χ3v) is 3.30. The Morgan fingerprint density at radius 1 is 1.65 bits per heavy atom. The first-order valence-corrected chi connectivity index (χ1v) is 5.94. The molecular weight excluding hydrogens is 218 g/mol. The summed E-state index contributed by atoms with van der Waals surface area (Å²) < 4.78 is 4.90. The van der Waals surface area contributed by atoms with E-state index < -0.39 is 0 Å². The van der Waals surface area contributed by atoms with Gasteiger partial charge in [-0.05, 0) is 25.3 Å². The van der Waals surface area contributed by atoms with Crippen LogP contribution in [-0.4, -0.2) is 30.2 Å². The van der Waals surface area contributed by atoms with Crippen LogP contribution in [0.25, 0.3) is 0 Å². The zero-order chi connectivity index (χ0) is 12.5. The number of rotatable bonds is 2. The quantitative estimate of drug-likeness (QED) is 0.808. The molecule has 0 radical (unpaired) electrons. The van der Waals surface area contributed by atoms with Crippen molar-refractivity contribution < 1.29 is 9.32 Å². The van der Waals surface area contributed by atoms with Crippen molar-refractivity contribution in [1.82, 2.24) is 15.8 Å². The SMILES string of the molecule is Cc1cc(C(=O)NC2CCNCC2(C)C)no1. The summed E-state index contributed by atoms with van der Waals surface area (Å²) in [6, 6.07) is 1.83. The van der Waals surface area contributed by atoms with E-state index in [1.54, 1.807) is 13.0 Å². The van der Waals surface area contributed by atoms with E-state index in [4.69, 9.17) is 4.52 Å². The Kier molecular flexibility index (Phi) is 3.19. The van der Waals surface area contributed by atoms with Crippen molar-refractivity contribution in [3.8, 4) is 0 Å². The molecule has 0 saturated carbocycles. The molecule has 5 heteroatoms. The van der Waals surface area contributed by atoms with Crippen molar-refractivity contribution in [2.45, 2.75) is 33.2 Å². The number of piperidine rings is 1. The second-order valence-electron chi connectivity index (χ2n) is 5.30. The molecular formula is C12H19N3O2. The first-order valence-electron chi connectivity index (χ1n) is 5.94. The van der Waals surface area contributed by atoms with Crippen molar-refractivity contribution in [3.05, 3.63) is 17.5 Å². The van der Waals surface area contributed by atoms with Crippen LogP contribution >= 0.6 is 0 Å². The first-order chi connectivity index (χ1) is 7.99. The Bertz CT molecular complexity index is 412. The maximum atomic E-state index is 12.0. The molecule has 1 amide bonds. The molecule has 1 fully saturated rings. The Balaban J connectivity index is 2.03. The molecule has 1 aromatic heterocycles. The van der Waals surface area contributed by atoms with Crippen LogP contribution in [-0.2, 0) is 0 Å². The summed E-state index contributed by atoms with van der Waals surface area (Å²) in [5.74, 6) is 0.501. The van der Waals surface area contributed by atoms with E-state index in [1.165, 1.54) is 0 Å². The summed E-state index contributed by atoms with van der Waals surface area (Å²) in [5.41, 5.74) is 0.420. The summed E-state index contributed by atoms with van der Waals surface area (Å²) in [6.07, 6.45) is 0.940. The highest BCUT2D eigenvalue weighted by Gasteiger charge is 2.33. The van der Waals surface area contributed by atoms with Crippen LogP contribution in [0.4, 0.5) is 0 Å². The lowest BCUT2D eigenvalue weighted by molar-refractivity contribution is 0.0859. The van der Waals surface area contributed by atoms with Gasteiger partial charge in [0.05, 0.1) is 0 Å². The third-order valence-electron chi connectivity index (χ3n) is 3.30. The van der Waals surface area contributed by atoms with E-state index in [2.05, 4.69) is 29.6 Å². The van der Waals surface area contributed by atoms with Gasteiger partial charge in [0.25, 0.3) is 5.91 Å². The van der Waals surface area contributed by atoms with Crippen molar-refractivity contribution in [2.24, 2.45) is 5.41 Å². The fourth-order valence-corrected chi connectivity index (χ4v) is 2.14. The van der Waals surface area contributed by atoms with Crippen molar-refractivity contribution in [1.29, 1.82) is 0 Å². The lowest BCUT2D eigenvalue weighted by atomic mass is 9.80. The van der Waals surface area contributed by atoms with E-state index in [9.17, 15) is 4.79 Å². The van der Waals surface area contributed by atoms with E-state index in [0.717, 1.165) is 19.5 Å². The predicted octanol–water partition coefficient (Wildman–Crippen LogP) is 1.10. The minimum atomic E-state index is -0.151. The molecule has 2 heterocycles. The number of nitrogens with zero attached hydrogens (tertiary/aromatic N) is 1. The average Bonchev–Trinajstić information content (AvgIpc) is 2.68. The number of carbonyl (C=O) groups excluding carboxylic acids is 1. The first kappa shape index (κ1) is 12.1. The number of carbonyl (C=O) groups is 1. The molecule has 1 aliphatic rings. The number of hydrogen-bond donors (Lipinski definition) is 2. The smallest absolute Gasteiger partial charge is 0.273 e. The Labute approximate surface area is 101 Å². The summed E-state index contributed by atoms with van der Waals surface area (Å²) in [6.45, 7) is 7.93. The fraction of sp³-hybridized carbons (Fsp3) is 0.667. The van der Waals surface area contributed by atoms with Gasteiger partial charge < -0.3 is 15.2 Å². The topological polar surface area (TPSA) is 67.2 Å². The van der Waals surface area contributed by atoms with Crippen LogP contribution in [0.5, 0.6) is 0 Å². The van der Waals surface area contributed by atoms with Gasteiger partial charge in [-0.25, -0.2) is 0 Å². The molecule has 2 N–H and O–H groups in total. The van der Waals surface area contributed by atoms with Crippen LogP contribution < -0.4 is 10.6 Å². The van der Waals surface area contributed by atoms with Crippen LogP contribution in [0.15, 0.2) is 10.6 Å². The standard InChI is InChI=1S/C12H19N3O2/c1-8-6-9(15-17-8)11(16)14-10-4-5-13-7-12(10,2)3/h6,10,13H,4-5,7H2,1-3H3,(H,14,16). The maximum absolute atomic E-state index is 12.0. The molecule has 5 nitrogen and oxygen atoms in total. The van der Waals surface area contributed by atoms with Crippen molar-refractivity contribution in [3.63, 3.8) is 0 Å². The molecule has 1 unspecified atom stereocenters. The highest BCUT2D eigenvalue weighted by Crippen LogP contribution is 2.25. The van der Waals surface area contributed by atoms with Gasteiger partial charge in [-0.3, -0.25) is 4.79 Å². The molecule has 94 valence electrons. The van der Waals surface area contributed by atoms with Gasteiger partial charge in [0.1, 0.15) is 5.76 Å². The summed E-state index contributed by atoms with van der Waals surface area (Å²) in [5, 5.41) is 10.1. The van der Waals surface area contributed by atoms with Gasteiger partial charge in [-0.1, -0.05) is 19.0 Å². The highest BCUT2D eigenvalue weighted by molar-refractivity contribution is 5.92. The van der Waals surface area contributed by atoms with Crippen LogP contribution in [0.3, 0.4) is 0 Å². The molecule has 1 saturated heterocycles. The van der Waals surface area contributed by atoms with Crippen LogP contribution in [0, 0.1) is 12.3 Å². The van der Waals surface area contributed by atoms with Gasteiger partial charge in [0.15, 0.2) is 5.69 Å². The third kappa shape index (κ3) is 2.66. The monoisotopic (exact) mass is 237 g/mol. The molecule has 0 bridgehead atoms. The summed E-state index contributed by atoms with van der Waals surface area (Å²) in [4.78, 5) is 12.0. The molecule has 1 aliphatic heterocycles. The fourth-order valence-electron chi connectivity index (χ4n) is 2.14. The zero-order valence-corrected chi connectivity index (χ0v) is 10.5. The number of aryl methyl sites for hydroxylation is 1. The average molecular weight is 237 g/mol. The van der Waals surface area contributed by atoms with Crippen molar-refractivity contribution >= 4 is 5.91 Å². The van der Waals surface area contributed by atoms with Crippen molar-refractivity contribution in [2.75, 3.05) is 13.1 Å².